The minimum absolute atomic E-state index is 0.0144. The number of para-hydroxylation sites is 1. The first-order chi connectivity index (χ1) is 10.00. The summed E-state index contributed by atoms with van der Waals surface area (Å²) in [6, 6.07) is 7.16. The van der Waals surface area contributed by atoms with Crippen molar-refractivity contribution in [3.8, 4) is 5.75 Å². The molecule has 21 heavy (non-hydrogen) atoms. The lowest BCUT2D eigenvalue weighted by Crippen LogP contribution is -2.70. The van der Waals surface area contributed by atoms with Gasteiger partial charge in [-0.2, -0.15) is 0 Å². The van der Waals surface area contributed by atoms with Crippen LogP contribution in [0.25, 0.3) is 0 Å². The molecular formula is C17H23NO3. The van der Waals surface area contributed by atoms with Gasteiger partial charge >= 0.3 is 0 Å². The highest BCUT2D eigenvalue weighted by atomic mass is 16.5. The molecule has 0 unspecified atom stereocenters. The first-order valence-corrected chi connectivity index (χ1v) is 7.68. The molecule has 0 bridgehead atoms. The average Bonchev–Trinajstić information content (AvgIpc) is 2.47. The number of benzene rings is 1. The van der Waals surface area contributed by atoms with Gasteiger partial charge in [-0.05, 0) is 18.9 Å². The van der Waals surface area contributed by atoms with Crippen molar-refractivity contribution in [2.75, 3.05) is 6.61 Å². The maximum Gasteiger partial charge on any atom is 0.224 e. The van der Waals surface area contributed by atoms with Crippen LogP contribution in [0.4, 0.5) is 0 Å². The molecule has 1 aromatic carbocycles. The second-order valence-corrected chi connectivity index (χ2v) is 6.77. The van der Waals surface area contributed by atoms with Gasteiger partial charge in [-0.15, -0.1) is 0 Å². The molecule has 1 amide bonds. The van der Waals surface area contributed by atoms with Crippen LogP contribution in [0.2, 0.25) is 0 Å². The predicted octanol–water partition coefficient (Wildman–Crippen LogP) is 2.25. The van der Waals surface area contributed by atoms with E-state index >= 15 is 0 Å². The normalized spacial score (nSPS) is 30.1. The summed E-state index contributed by atoms with van der Waals surface area (Å²) < 4.78 is 5.85. The van der Waals surface area contributed by atoms with Crippen molar-refractivity contribution >= 4 is 5.91 Å². The van der Waals surface area contributed by atoms with Crippen molar-refractivity contribution in [3.63, 3.8) is 0 Å². The molecule has 1 aliphatic heterocycles. The molecule has 0 spiro atoms. The first-order valence-electron chi connectivity index (χ1n) is 7.68. The highest BCUT2D eigenvalue weighted by Crippen LogP contribution is 2.51. The third-order valence-corrected chi connectivity index (χ3v) is 4.99. The van der Waals surface area contributed by atoms with E-state index in [0.29, 0.717) is 11.5 Å². The molecule has 0 aromatic heterocycles. The fourth-order valence-electron chi connectivity index (χ4n) is 3.87. The topological polar surface area (TPSA) is 58.6 Å². The molecule has 1 heterocycles. The Morgan fingerprint density at radius 2 is 2.19 bits per heavy atom. The maximum atomic E-state index is 12.3. The first kappa shape index (κ1) is 14.4. The van der Waals surface area contributed by atoms with Gasteiger partial charge in [-0.25, -0.2) is 0 Å². The SMILES string of the molecule is CC1(C)[C@H](NC(=O)Cc2ccccc2O)[C@@H]2CCCO[C@H]21. The molecule has 3 atom stereocenters. The summed E-state index contributed by atoms with van der Waals surface area (Å²) >= 11 is 0. The average molecular weight is 289 g/mol. The highest BCUT2D eigenvalue weighted by molar-refractivity contribution is 5.79. The Hall–Kier alpha value is -1.55. The number of carbonyl (C=O) groups excluding carboxylic acids is 1. The lowest BCUT2D eigenvalue weighted by atomic mass is 9.55. The molecule has 2 fully saturated rings. The van der Waals surface area contributed by atoms with Crippen LogP contribution in [0, 0.1) is 11.3 Å². The van der Waals surface area contributed by atoms with Gasteiger partial charge in [-0.1, -0.05) is 32.0 Å². The number of phenols is 1. The number of ether oxygens (including phenoxy) is 1. The number of amides is 1. The van der Waals surface area contributed by atoms with Gasteiger partial charge in [0, 0.05) is 29.5 Å². The van der Waals surface area contributed by atoms with Crippen molar-refractivity contribution in [2.45, 2.75) is 45.3 Å². The maximum absolute atomic E-state index is 12.3. The lowest BCUT2D eigenvalue weighted by Gasteiger charge is -2.59. The Bertz CT molecular complexity index is 541. The Morgan fingerprint density at radius 1 is 1.43 bits per heavy atom. The number of carbonyl (C=O) groups is 1. The third kappa shape index (κ3) is 2.53. The quantitative estimate of drug-likeness (QED) is 0.897. The molecule has 1 saturated heterocycles. The van der Waals surface area contributed by atoms with E-state index in [-0.39, 0.29) is 35.6 Å². The largest absolute Gasteiger partial charge is 0.508 e. The van der Waals surface area contributed by atoms with Crippen LogP contribution in [0.1, 0.15) is 32.3 Å². The van der Waals surface area contributed by atoms with Crippen molar-refractivity contribution in [2.24, 2.45) is 11.3 Å². The van der Waals surface area contributed by atoms with Gasteiger partial charge in [-0.3, -0.25) is 4.79 Å². The summed E-state index contributed by atoms with van der Waals surface area (Å²) in [5, 5.41) is 12.9. The molecule has 2 aliphatic rings. The number of aromatic hydroxyl groups is 1. The van der Waals surface area contributed by atoms with Crippen molar-refractivity contribution < 1.29 is 14.6 Å². The van der Waals surface area contributed by atoms with Crippen LogP contribution < -0.4 is 5.32 Å². The monoisotopic (exact) mass is 289 g/mol. The smallest absolute Gasteiger partial charge is 0.224 e. The van der Waals surface area contributed by atoms with E-state index in [1.165, 1.54) is 0 Å². The van der Waals surface area contributed by atoms with Gasteiger partial charge in [0.1, 0.15) is 5.75 Å². The summed E-state index contributed by atoms with van der Waals surface area (Å²) in [7, 11) is 0. The van der Waals surface area contributed by atoms with Gasteiger partial charge in [0.2, 0.25) is 5.91 Å². The molecule has 114 valence electrons. The van der Waals surface area contributed by atoms with Crippen LogP contribution in [-0.2, 0) is 16.0 Å². The fraction of sp³-hybridized carbons (Fsp3) is 0.588. The zero-order valence-corrected chi connectivity index (χ0v) is 12.6. The van der Waals surface area contributed by atoms with Crippen LogP contribution in [0.5, 0.6) is 5.75 Å². The second kappa shape index (κ2) is 5.34. The van der Waals surface area contributed by atoms with E-state index in [9.17, 15) is 9.90 Å². The molecular weight excluding hydrogens is 266 g/mol. The Labute approximate surface area is 125 Å². The van der Waals surface area contributed by atoms with Gasteiger partial charge in [0.25, 0.3) is 0 Å². The number of nitrogens with one attached hydrogen (secondary N) is 1. The number of hydrogen-bond acceptors (Lipinski definition) is 3. The molecule has 2 N–H and O–H groups in total. The number of phenolic OH excluding ortho intramolecular Hbond substituents is 1. The molecule has 3 rings (SSSR count). The van der Waals surface area contributed by atoms with E-state index in [1.807, 2.05) is 6.07 Å². The summed E-state index contributed by atoms with van der Waals surface area (Å²) in [5.74, 6) is 0.583. The number of hydrogen-bond donors (Lipinski definition) is 2. The molecule has 1 aromatic rings. The number of fused-ring (bicyclic) bond motifs is 1. The molecule has 1 saturated carbocycles. The second-order valence-electron chi connectivity index (χ2n) is 6.77. The standard InChI is InChI=1S/C17H23NO3/c1-17(2)15(12-7-5-9-21-16(12)17)18-14(20)10-11-6-3-4-8-13(11)19/h3-4,6,8,12,15-16,19H,5,7,9-10H2,1-2H3,(H,18,20)/t12-,15+,16+/m0/s1. The highest BCUT2D eigenvalue weighted by Gasteiger charge is 2.58. The van der Waals surface area contributed by atoms with Gasteiger partial charge in [0.05, 0.1) is 12.5 Å². The van der Waals surface area contributed by atoms with E-state index in [1.54, 1.807) is 18.2 Å². The predicted molar refractivity (Wildman–Crippen MR) is 80.0 cm³/mol. The summed E-state index contributed by atoms with van der Waals surface area (Å²) in [5.41, 5.74) is 0.656. The van der Waals surface area contributed by atoms with E-state index in [2.05, 4.69) is 19.2 Å². The van der Waals surface area contributed by atoms with E-state index < -0.39 is 0 Å². The summed E-state index contributed by atoms with van der Waals surface area (Å²) in [4.78, 5) is 12.3. The summed E-state index contributed by atoms with van der Waals surface area (Å²) in [6.45, 7) is 5.15. The van der Waals surface area contributed by atoms with E-state index in [0.717, 1.165) is 19.4 Å². The molecule has 1 aliphatic carbocycles. The van der Waals surface area contributed by atoms with Gasteiger partial charge < -0.3 is 15.2 Å². The third-order valence-electron chi connectivity index (χ3n) is 4.99. The Morgan fingerprint density at radius 3 is 2.95 bits per heavy atom. The van der Waals surface area contributed by atoms with Crippen LogP contribution in [-0.4, -0.2) is 29.8 Å². The molecule has 4 nitrogen and oxygen atoms in total. The van der Waals surface area contributed by atoms with Crippen LogP contribution in [0.3, 0.4) is 0 Å². The van der Waals surface area contributed by atoms with E-state index in [4.69, 9.17) is 4.74 Å². The van der Waals surface area contributed by atoms with Crippen LogP contribution in [0.15, 0.2) is 24.3 Å². The summed E-state index contributed by atoms with van der Waals surface area (Å²) in [6.07, 6.45) is 2.68. The van der Waals surface area contributed by atoms with Crippen molar-refractivity contribution in [3.05, 3.63) is 29.8 Å². The Kier molecular flexibility index (Phi) is 3.66. The van der Waals surface area contributed by atoms with Crippen molar-refractivity contribution in [1.29, 1.82) is 0 Å². The molecule has 0 radical (unpaired) electrons. The zero-order valence-electron chi connectivity index (χ0n) is 12.6. The molecule has 4 heteroatoms. The lowest BCUT2D eigenvalue weighted by molar-refractivity contribution is -0.193. The number of rotatable bonds is 3. The Balaban J connectivity index is 1.64. The van der Waals surface area contributed by atoms with Crippen LogP contribution >= 0.6 is 0 Å². The van der Waals surface area contributed by atoms with Gasteiger partial charge in [0.15, 0.2) is 0 Å². The minimum atomic E-state index is -0.0291. The minimum Gasteiger partial charge on any atom is -0.508 e. The van der Waals surface area contributed by atoms with Crippen molar-refractivity contribution in [1.82, 2.24) is 5.32 Å². The zero-order chi connectivity index (χ0) is 15.0. The fourth-order valence-corrected chi connectivity index (χ4v) is 3.87.